The summed E-state index contributed by atoms with van der Waals surface area (Å²) in [6, 6.07) is 19.4. The Hall–Kier alpha value is -2.61. The van der Waals surface area contributed by atoms with Crippen LogP contribution >= 0.6 is 0 Å². The molecule has 0 aromatic heterocycles. The number of allylic oxidation sites excluding steroid dienone is 2. The van der Waals surface area contributed by atoms with Crippen LogP contribution in [0.25, 0.3) is 11.3 Å². The van der Waals surface area contributed by atoms with Gasteiger partial charge in [-0.05, 0) is 25.0 Å². The molecule has 1 aliphatic rings. The summed E-state index contributed by atoms with van der Waals surface area (Å²) in [5, 5.41) is 0. The average molecular weight is 276 g/mol. The second kappa shape index (κ2) is 5.80. The Morgan fingerprint density at radius 3 is 2.05 bits per heavy atom. The largest absolute Gasteiger partial charge is 0.423 e. The highest BCUT2D eigenvalue weighted by Crippen LogP contribution is 2.30. The monoisotopic (exact) mass is 276 g/mol. The molecule has 0 aliphatic carbocycles. The Labute approximate surface area is 124 Å². The second-order valence-corrected chi connectivity index (χ2v) is 5.05. The number of carbonyl (C=O) groups is 1. The molecule has 3 rings (SSSR count). The lowest BCUT2D eigenvalue weighted by molar-refractivity contribution is -0.130. The standard InChI is InChI=1S/C19H16O2/c1-14-12-13-17(15-8-4-2-5-9-15)21-19(20)18(14)16-10-6-3-7-11-16/h2-11,13H,12H2,1H3. The Balaban J connectivity index is 1.95. The zero-order valence-electron chi connectivity index (χ0n) is 11.9. The number of benzene rings is 2. The smallest absolute Gasteiger partial charge is 0.344 e. The fourth-order valence-electron chi connectivity index (χ4n) is 2.46. The molecule has 0 N–H and O–H groups in total. The topological polar surface area (TPSA) is 26.3 Å². The minimum Gasteiger partial charge on any atom is -0.423 e. The average Bonchev–Trinajstić information content (AvgIpc) is 2.67. The second-order valence-electron chi connectivity index (χ2n) is 5.05. The Bertz CT molecular complexity index is 710. The van der Waals surface area contributed by atoms with E-state index in [1.807, 2.05) is 73.7 Å². The van der Waals surface area contributed by atoms with Crippen LogP contribution in [0.3, 0.4) is 0 Å². The van der Waals surface area contributed by atoms with Crippen molar-refractivity contribution in [3.8, 4) is 0 Å². The van der Waals surface area contributed by atoms with Crippen molar-refractivity contribution < 1.29 is 9.53 Å². The molecule has 1 heterocycles. The zero-order valence-corrected chi connectivity index (χ0v) is 11.9. The number of esters is 1. The van der Waals surface area contributed by atoms with Gasteiger partial charge >= 0.3 is 5.97 Å². The molecule has 0 bridgehead atoms. The number of hydrogen-bond donors (Lipinski definition) is 0. The van der Waals surface area contributed by atoms with E-state index in [4.69, 9.17) is 4.74 Å². The van der Waals surface area contributed by atoms with Crippen LogP contribution in [-0.4, -0.2) is 5.97 Å². The maximum absolute atomic E-state index is 12.5. The van der Waals surface area contributed by atoms with E-state index in [9.17, 15) is 4.79 Å². The third-order valence-corrected chi connectivity index (χ3v) is 3.55. The fraction of sp³-hybridized carbons (Fsp3) is 0.105. The van der Waals surface area contributed by atoms with Crippen LogP contribution in [0, 0.1) is 0 Å². The van der Waals surface area contributed by atoms with E-state index in [1.165, 1.54) is 0 Å². The maximum Gasteiger partial charge on any atom is 0.344 e. The lowest BCUT2D eigenvalue weighted by atomic mass is 9.99. The first-order valence-electron chi connectivity index (χ1n) is 6.98. The van der Waals surface area contributed by atoms with Crippen LogP contribution in [0.15, 0.2) is 72.3 Å². The Kier molecular flexibility index (Phi) is 3.69. The van der Waals surface area contributed by atoms with Gasteiger partial charge in [0.15, 0.2) is 0 Å². The lowest BCUT2D eigenvalue weighted by Gasteiger charge is -2.10. The molecule has 0 atom stereocenters. The van der Waals surface area contributed by atoms with Crippen LogP contribution in [-0.2, 0) is 9.53 Å². The van der Waals surface area contributed by atoms with Gasteiger partial charge in [0.2, 0.25) is 0 Å². The van der Waals surface area contributed by atoms with Crippen molar-refractivity contribution in [2.75, 3.05) is 0 Å². The van der Waals surface area contributed by atoms with Gasteiger partial charge in [-0.3, -0.25) is 0 Å². The molecule has 1 aliphatic heterocycles. The van der Waals surface area contributed by atoms with Gasteiger partial charge in [0.25, 0.3) is 0 Å². The third kappa shape index (κ3) is 2.79. The fourth-order valence-corrected chi connectivity index (χ4v) is 2.46. The van der Waals surface area contributed by atoms with Gasteiger partial charge in [-0.1, -0.05) is 66.2 Å². The molecule has 2 nitrogen and oxygen atoms in total. The number of cyclic esters (lactones) is 1. The highest BCUT2D eigenvalue weighted by atomic mass is 16.5. The molecular formula is C19H16O2. The van der Waals surface area contributed by atoms with Gasteiger partial charge in [-0.2, -0.15) is 0 Å². The van der Waals surface area contributed by atoms with Gasteiger partial charge < -0.3 is 4.74 Å². The molecule has 0 amide bonds. The molecule has 0 unspecified atom stereocenters. The first-order valence-corrected chi connectivity index (χ1v) is 6.98. The summed E-state index contributed by atoms with van der Waals surface area (Å²) in [7, 11) is 0. The highest BCUT2D eigenvalue weighted by Gasteiger charge is 2.21. The van der Waals surface area contributed by atoms with Crippen LogP contribution in [0.2, 0.25) is 0 Å². The minimum absolute atomic E-state index is 0.286. The van der Waals surface area contributed by atoms with Crippen molar-refractivity contribution in [2.24, 2.45) is 0 Å². The van der Waals surface area contributed by atoms with E-state index >= 15 is 0 Å². The molecule has 104 valence electrons. The van der Waals surface area contributed by atoms with Crippen molar-refractivity contribution in [1.29, 1.82) is 0 Å². The van der Waals surface area contributed by atoms with E-state index in [-0.39, 0.29) is 5.97 Å². The van der Waals surface area contributed by atoms with Crippen molar-refractivity contribution in [2.45, 2.75) is 13.3 Å². The van der Waals surface area contributed by atoms with Crippen molar-refractivity contribution in [1.82, 2.24) is 0 Å². The predicted octanol–water partition coefficient (Wildman–Crippen LogP) is 4.45. The van der Waals surface area contributed by atoms with E-state index in [0.717, 1.165) is 16.7 Å². The van der Waals surface area contributed by atoms with E-state index in [1.54, 1.807) is 0 Å². The van der Waals surface area contributed by atoms with Crippen LogP contribution in [0.5, 0.6) is 0 Å². The van der Waals surface area contributed by atoms with Crippen molar-refractivity contribution in [3.05, 3.63) is 83.4 Å². The Morgan fingerprint density at radius 1 is 0.857 bits per heavy atom. The normalized spacial score (nSPS) is 15.3. The lowest BCUT2D eigenvalue weighted by Crippen LogP contribution is -2.06. The van der Waals surface area contributed by atoms with Gasteiger partial charge in [-0.15, -0.1) is 0 Å². The van der Waals surface area contributed by atoms with Gasteiger partial charge in [0.1, 0.15) is 5.76 Å². The zero-order chi connectivity index (χ0) is 14.7. The molecule has 0 spiro atoms. The minimum atomic E-state index is -0.286. The van der Waals surface area contributed by atoms with Crippen LogP contribution in [0.1, 0.15) is 24.5 Å². The summed E-state index contributed by atoms with van der Waals surface area (Å²) < 4.78 is 5.60. The molecular weight excluding hydrogens is 260 g/mol. The molecule has 2 aromatic carbocycles. The third-order valence-electron chi connectivity index (χ3n) is 3.55. The number of hydrogen-bond acceptors (Lipinski definition) is 2. The number of carbonyl (C=O) groups excluding carboxylic acids is 1. The summed E-state index contributed by atoms with van der Waals surface area (Å²) in [6.07, 6.45) is 2.68. The maximum atomic E-state index is 12.5. The predicted molar refractivity (Wildman–Crippen MR) is 84.2 cm³/mol. The van der Waals surface area contributed by atoms with Gasteiger partial charge in [0.05, 0.1) is 5.57 Å². The van der Waals surface area contributed by atoms with E-state index < -0.39 is 0 Å². The number of rotatable bonds is 2. The summed E-state index contributed by atoms with van der Waals surface area (Å²) in [5.74, 6) is 0.345. The summed E-state index contributed by atoms with van der Waals surface area (Å²) in [6.45, 7) is 1.98. The first kappa shape index (κ1) is 13.4. The summed E-state index contributed by atoms with van der Waals surface area (Å²) >= 11 is 0. The van der Waals surface area contributed by atoms with Crippen molar-refractivity contribution >= 4 is 17.3 Å². The molecule has 0 saturated heterocycles. The number of ether oxygens (including phenoxy) is 1. The highest BCUT2D eigenvalue weighted by molar-refractivity contribution is 6.19. The molecule has 2 aromatic rings. The Morgan fingerprint density at radius 2 is 1.43 bits per heavy atom. The quantitative estimate of drug-likeness (QED) is 0.757. The molecule has 0 radical (unpaired) electrons. The molecule has 21 heavy (non-hydrogen) atoms. The van der Waals surface area contributed by atoms with E-state index in [2.05, 4.69) is 0 Å². The SMILES string of the molecule is CC1=C(c2ccccc2)C(=O)OC(c2ccccc2)=CC1. The van der Waals surface area contributed by atoms with Gasteiger partial charge in [0, 0.05) is 5.56 Å². The molecule has 0 fully saturated rings. The van der Waals surface area contributed by atoms with Gasteiger partial charge in [-0.25, -0.2) is 4.79 Å². The molecule has 2 heteroatoms. The van der Waals surface area contributed by atoms with E-state index in [0.29, 0.717) is 17.8 Å². The summed E-state index contributed by atoms with van der Waals surface area (Å²) in [5.41, 5.74) is 3.52. The van der Waals surface area contributed by atoms with Crippen molar-refractivity contribution in [3.63, 3.8) is 0 Å². The van der Waals surface area contributed by atoms with Crippen LogP contribution in [0.4, 0.5) is 0 Å². The first-order chi connectivity index (χ1) is 10.3. The molecule has 0 saturated carbocycles. The summed E-state index contributed by atoms with van der Waals surface area (Å²) in [4.78, 5) is 12.5. The van der Waals surface area contributed by atoms with Crippen LogP contribution < -0.4 is 0 Å².